The van der Waals surface area contributed by atoms with E-state index in [1.54, 1.807) is 12.4 Å². The summed E-state index contributed by atoms with van der Waals surface area (Å²) in [5, 5.41) is 0. The molecule has 4 nitrogen and oxygen atoms in total. The number of thiazole rings is 1. The summed E-state index contributed by atoms with van der Waals surface area (Å²) in [5.41, 5.74) is 1.59. The van der Waals surface area contributed by atoms with Crippen molar-refractivity contribution in [3.63, 3.8) is 0 Å². The van der Waals surface area contributed by atoms with Crippen molar-refractivity contribution < 1.29 is 14.3 Å². The Kier molecular flexibility index (Phi) is 4.25. The zero-order valence-electron chi connectivity index (χ0n) is 7.86. The van der Waals surface area contributed by atoms with Crippen LogP contribution in [0.4, 0.5) is 0 Å². The number of esters is 1. The molecule has 0 N–H and O–H groups in total. The zero-order chi connectivity index (χ0) is 10.4. The minimum Gasteiger partial charge on any atom is -0.466 e. The van der Waals surface area contributed by atoms with E-state index >= 15 is 0 Å². The molecule has 0 saturated heterocycles. The van der Waals surface area contributed by atoms with Crippen molar-refractivity contribution in [1.82, 2.24) is 4.98 Å². The molecule has 1 rings (SSSR count). The summed E-state index contributed by atoms with van der Waals surface area (Å²) in [6.45, 7) is 2.09. The van der Waals surface area contributed by atoms with Gasteiger partial charge in [-0.1, -0.05) is 0 Å². The van der Waals surface area contributed by atoms with Crippen molar-refractivity contribution in [3.05, 3.63) is 16.6 Å². The summed E-state index contributed by atoms with van der Waals surface area (Å²) in [5.74, 6) is -0.383. The van der Waals surface area contributed by atoms with E-state index in [2.05, 4.69) is 4.98 Å². The molecule has 0 unspecified atom stereocenters. The van der Waals surface area contributed by atoms with Gasteiger partial charge in [0, 0.05) is 12.6 Å². The Morgan fingerprint density at radius 3 is 2.86 bits per heavy atom. The molecule has 1 aromatic rings. The summed E-state index contributed by atoms with van der Waals surface area (Å²) in [7, 11) is 0. The van der Waals surface area contributed by atoms with Gasteiger partial charge in [0.2, 0.25) is 0 Å². The van der Waals surface area contributed by atoms with Gasteiger partial charge in [0.05, 0.1) is 23.4 Å². The van der Waals surface area contributed by atoms with E-state index in [1.807, 2.05) is 0 Å². The maximum atomic E-state index is 11.4. The van der Waals surface area contributed by atoms with Gasteiger partial charge in [-0.3, -0.25) is 14.6 Å². The molecule has 0 aliphatic carbocycles. The van der Waals surface area contributed by atoms with E-state index < -0.39 is 0 Å². The molecule has 0 fully saturated rings. The maximum Gasteiger partial charge on any atom is 0.306 e. The van der Waals surface area contributed by atoms with Gasteiger partial charge in [-0.05, 0) is 6.92 Å². The Bertz CT molecular complexity index is 308. The molecule has 0 atom stereocenters. The van der Waals surface area contributed by atoms with E-state index in [0.29, 0.717) is 11.5 Å². The zero-order valence-corrected chi connectivity index (χ0v) is 8.67. The van der Waals surface area contributed by atoms with Gasteiger partial charge >= 0.3 is 5.97 Å². The highest BCUT2D eigenvalue weighted by Gasteiger charge is 2.10. The predicted molar refractivity (Wildman–Crippen MR) is 52.3 cm³/mol. The molecular weight excluding hydrogens is 202 g/mol. The first-order chi connectivity index (χ1) is 6.74. The highest BCUT2D eigenvalue weighted by atomic mass is 32.1. The lowest BCUT2D eigenvalue weighted by atomic mass is 10.2. The van der Waals surface area contributed by atoms with Gasteiger partial charge in [0.1, 0.15) is 0 Å². The molecule has 1 aromatic heterocycles. The molecule has 1 heterocycles. The number of aromatic nitrogens is 1. The molecule has 5 heteroatoms. The number of carbonyl (C=O) groups is 2. The van der Waals surface area contributed by atoms with Crippen molar-refractivity contribution in [2.24, 2.45) is 0 Å². The minimum absolute atomic E-state index is 0.0550. The van der Waals surface area contributed by atoms with Crippen LogP contribution in [-0.2, 0) is 9.53 Å². The first-order valence-corrected chi connectivity index (χ1v) is 5.19. The van der Waals surface area contributed by atoms with E-state index in [4.69, 9.17) is 4.74 Å². The van der Waals surface area contributed by atoms with E-state index in [9.17, 15) is 9.59 Å². The number of ether oxygens (including phenoxy) is 1. The third kappa shape index (κ3) is 3.26. The third-order valence-electron chi connectivity index (χ3n) is 1.57. The normalized spacial score (nSPS) is 9.79. The number of Topliss-reactive ketones (excluding diaryl/α,β-unsaturated/α-hetero) is 1. The molecule has 0 aliphatic rings. The second kappa shape index (κ2) is 5.49. The fourth-order valence-corrected chi connectivity index (χ4v) is 1.52. The number of ketones is 1. The molecule has 0 aromatic carbocycles. The van der Waals surface area contributed by atoms with Gasteiger partial charge in [-0.15, -0.1) is 11.3 Å². The molecule has 14 heavy (non-hydrogen) atoms. The fraction of sp³-hybridized carbons (Fsp3) is 0.444. The SMILES string of the molecule is CCOC(=O)CCC(=O)c1cncs1. The van der Waals surface area contributed by atoms with E-state index in [1.165, 1.54) is 17.5 Å². The Labute approximate surface area is 85.9 Å². The maximum absolute atomic E-state index is 11.4. The molecule has 0 amide bonds. The van der Waals surface area contributed by atoms with Crippen LogP contribution in [0.3, 0.4) is 0 Å². The quantitative estimate of drug-likeness (QED) is 0.551. The lowest BCUT2D eigenvalue weighted by molar-refractivity contribution is -0.143. The number of hydrogen-bond acceptors (Lipinski definition) is 5. The van der Waals surface area contributed by atoms with Crippen LogP contribution in [0.1, 0.15) is 29.4 Å². The van der Waals surface area contributed by atoms with Crippen LogP contribution in [0.15, 0.2) is 11.7 Å². The Balaban J connectivity index is 2.32. The topological polar surface area (TPSA) is 56.3 Å². The van der Waals surface area contributed by atoms with Gasteiger partial charge in [-0.25, -0.2) is 0 Å². The van der Waals surface area contributed by atoms with Crippen molar-refractivity contribution in [2.75, 3.05) is 6.61 Å². The lowest BCUT2D eigenvalue weighted by Gasteiger charge is -1.99. The van der Waals surface area contributed by atoms with Gasteiger partial charge < -0.3 is 4.74 Å². The number of hydrogen-bond donors (Lipinski definition) is 0. The average Bonchev–Trinajstić information content (AvgIpc) is 2.67. The summed E-state index contributed by atoms with van der Waals surface area (Å²) < 4.78 is 4.71. The Morgan fingerprint density at radius 1 is 1.50 bits per heavy atom. The van der Waals surface area contributed by atoms with Gasteiger partial charge in [0.15, 0.2) is 5.78 Å². The average molecular weight is 213 g/mol. The first-order valence-electron chi connectivity index (χ1n) is 4.31. The Hall–Kier alpha value is -1.23. The van der Waals surface area contributed by atoms with Crippen LogP contribution in [0.2, 0.25) is 0 Å². The monoisotopic (exact) mass is 213 g/mol. The summed E-state index contributed by atoms with van der Waals surface area (Å²) in [4.78, 5) is 26.7. The molecule has 0 aliphatic heterocycles. The highest BCUT2D eigenvalue weighted by Crippen LogP contribution is 2.10. The van der Waals surface area contributed by atoms with E-state index in [0.717, 1.165) is 0 Å². The van der Waals surface area contributed by atoms with Gasteiger partial charge in [0.25, 0.3) is 0 Å². The number of carbonyl (C=O) groups excluding carboxylic acids is 2. The van der Waals surface area contributed by atoms with Crippen LogP contribution in [-0.4, -0.2) is 23.3 Å². The molecule has 0 bridgehead atoms. The molecule has 76 valence electrons. The Morgan fingerprint density at radius 2 is 2.29 bits per heavy atom. The fourth-order valence-electron chi connectivity index (χ4n) is 0.925. The van der Waals surface area contributed by atoms with Crippen molar-refractivity contribution in [2.45, 2.75) is 19.8 Å². The standard InChI is InChI=1S/C9H11NO3S/c1-2-13-9(12)4-3-7(11)8-5-10-6-14-8/h5-6H,2-4H2,1H3. The summed E-state index contributed by atoms with van der Waals surface area (Å²) in [6, 6.07) is 0. The summed E-state index contributed by atoms with van der Waals surface area (Å²) >= 11 is 1.28. The highest BCUT2D eigenvalue weighted by molar-refractivity contribution is 7.11. The van der Waals surface area contributed by atoms with Gasteiger partial charge in [-0.2, -0.15) is 0 Å². The predicted octanol–water partition coefficient (Wildman–Crippen LogP) is 1.67. The third-order valence-corrected chi connectivity index (χ3v) is 2.38. The van der Waals surface area contributed by atoms with Crippen molar-refractivity contribution >= 4 is 23.1 Å². The van der Waals surface area contributed by atoms with Crippen LogP contribution in [0, 0.1) is 0 Å². The number of nitrogens with zero attached hydrogens (tertiary/aromatic N) is 1. The molecule has 0 radical (unpaired) electrons. The summed E-state index contributed by atoms with van der Waals surface area (Å²) in [6.07, 6.45) is 1.85. The second-order valence-electron chi connectivity index (χ2n) is 2.59. The van der Waals surface area contributed by atoms with Crippen LogP contribution >= 0.6 is 11.3 Å². The smallest absolute Gasteiger partial charge is 0.306 e. The lowest BCUT2D eigenvalue weighted by Crippen LogP contribution is -2.07. The number of rotatable bonds is 5. The molecule has 0 saturated carbocycles. The van der Waals surface area contributed by atoms with Crippen LogP contribution in [0.25, 0.3) is 0 Å². The molecule has 0 spiro atoms. The van der Waals surface area contributed by atoms with Crippen LogP contribution < -0.4 is 0 Å². The largest absolute Gasteiger partial charge is 0.466 e. The minimum atomic E-state index is -0.328. The first kappa shape index (κ1) is 10.8. The van der Waals surface area contributed by atoms with Crippen molar-refractivity contribution in [1.29, 1.82) is 0 Å². The molecular formula is C9H11NO3S. The van der Waals surface area contributed by atoms with Crippen molar-refractivity contribution in [3.8, 4) is 0 Å². The van der Waals surface area contributed by atoms with Crippen LogP contribution in [0.5, 0.6) is 0 Å². The second-order valence-corrected chi connectivity index (χ2v) is 3.48. The van der Waals surface area contributed by atoms with E-state index in [-0.39, 0.29) is 24.6 Å².